The van der Waals surface area contributed by atoms with Crippen molar-refractivity contribution in [1.82, 2.24) is 9.38 Å². The topological polar surface area (TPSA) is 46.4 Å². The van der Waals surface area contributed by atoms with E-state index in [1.807, 2.05) is 48.0 Å². The highest BCUT2D eigenvalue weighted by Gasteiger charge is 2.08. The lowest BCUT2D eigenvalue weighted by molar-refractivity contribution is 0.102. The van der Waals surface area contributed by atoms with Gasteiger partial charge in [0.05, 0.1) is 5.69 Å². The van der Waals surface area contributed by atoms with E-state index in [1.165, 1.54) is 5.56 Å². The van der Waals surface area contributed by atoms with Gasteiger partial charge in [-0.3, -0.25) is 4.79 Å². The third kappa shape index (κ3) is 2.79. The minimum Gasteiger partial charge on any atom is -0.322 e. The van der Waals surface area contributed by atoms with Crippen LogP contribution in [0.1, 0.15) is 28.5 Å². The first-order valence-electron chi connectivity index (χ1n) is 7.01. The number of carbonyl (C=O) groups is 1. The fourth-order valence-electron chi connectivity index (χ4n) is 2.28. The summed E-state index contributed by atoms with van der Waals surface area (Å²) >= 11 is 0. The molecule has 0 atom stereocenters. The summed E-state index contributed by atoms with van der Waals surface area (Å²) in [7, 11) is 0. The van der Waals surface area contributed by atoms with Crippen molar-refractivity contribution in [3.63, 3.8) is 0 Å². The second kappa shape index (κ2) is 5.40. The summed E-state index contributed by atoms with van der Waals surface area (Å²) in [5.74, 6) is -0.123. The van der Waals surface area contributed by atoms with Crippen LogP contribution in [0.25, 0.3) is 5.65 Å². The SMILES string of the molecule is CCc1ccc(NC(=O)c2ccn3cc(C)nc3c2)cc1. The Morgan fingerprint density at radius 2 is 2.00 bits per heavy atom. The van der Waals surface area contributed by atoms with Crippen LogP contribution in [-0.2, 0) is 6.42 Å². The van der Waals surface area contributed by atoms with Crippen LogP contribution >= 0.6 is 0 Å². The number of hydrogen-bond donors (Lipinski definition) is 1. The van der Waals surface area contributed by atoms with Crippen molar-refractivity contribution >= 4 is 17.2 Å². The molecule has 3 rings (SSSR count). The predicted octanol–water partition coefficient (Wildman–Crippen LogP) is 3.46. The number of hydrogen-bond acceptors (Lipinski definition) is 2. The van der Waals surface area contributed by atoms with Crippen LogP contribution in [0.5, 0.6) is 0 Å². The standard InChI is InChI=1S/C17H17N3O/c1-3-13-4-6-15(7-5-13)19-17(21)14-8-9-20-11-12(2)18-16(20)10-14/h4-11H,3H2,1-2H3,(H,19,21). The molecule has 0 bridgehead atoms. The first-order chi connectivity index (χ1) is 10.2. The molecule has 4 heteroatoms. The maximum Gasteiger partial charge on any atom is 0.255 e. The van der Waals surface area contributed by atoms with Gasteiger partial charge in [-0.1, -0.05) is 19.1 Å². The van der Waals surface area contributed by atoms with Crippen LogP contribution < -0.4 is 5.32 Å². The molecule has 0 spiro atoms. The first kappa shape index (κ1) is 13.4. The van der Waals surface area contributed by atoms with Gasteiger partial charge in [0.2, 0.25) is 0 Å². The summed E-state index contributed by atoms with van der Waals surface area (Å²) in [5, 5.41) is 2.91. The average Bonchev–Trinajstić information content (AvgIpc) is 2.87. The van der Waals surface area contributed by atoms with Crippen molar-refractivity contribution in [3.05, 3.63) is 65.6 Å². The van der Waals surface area contributed by atoms with Crippen molar-refractivity contribution < 1.29 is 4.79 Å². The number of aryl methyl sites for hydroxylation is 2. The van der Waals surface area contributed by atoms with E-state index in [4.69, 9.17) is 0 Å². The highest BCUT2D eigenvalue weighted by atomic mass is 16.1. The minimum atomic E-state index is -0.123. The van der Waals surface area contributed by atoms with Crippen LogP contribution in [0.3, 0.4) is 0 Å². The zero-order valence-corrected chi connectivity index (χ0v) is 12.1. The fourth-order valence-corrected chi connectivity index (χ4v) is 2.28. The van der Waals surface area contributed by atoms with E-state index >= 15 is 0 Å². The number of nitrogens with zero attached hydrogens (tertiary/aromatic N) is 2. The number of carbonyl (C=O) groups excluding carboxylic acids is 1. The van der Waals surface area contributed by atoms with E-state index in [1.54, 1.807) is 12.1 Å². The molecule has 0 aliphatic heterocycles. The van der Waals surface area contributed by atoms with Gasteiger partial charge in [-0.2, -0.15) is 0 Å². The number of benzene rings is 1. The van der Waals surface area contributed by atoms with Gasteiger partial charge in [0.15, 0.2) is 0 Å². The van der Waals surface area contributed by atoms with Crippen molar-refractivity contribution in [1.29, 1.82) is 0 Å². The third-order valence-electron chi connectivity index (χ3n) is 3.46. The molecule has 0 aliphatic rings. The zero-order valence-electron chi connectivity index (χ0n) is 12.1. The van der Waals surface area contributed by atoms with Crippen molar-refractivity contribution in [2.24, 2.45) is 0 Å². The lowest BCUT2D eigenvalue weighted by Gasteiger charge is -2.06. The lowest BCUT2D eigenvalue weighted by Crippen LogP contribution is -2.12. The Hall–Kier alpha value is -2.62. The van der Waals surface area contributed by atoms with Gasteiger partial charge in [-0.15, -0.1) is 0 Å². The van der Waals surface area contributed by atoms with E-state index < -0.39 is 0 Å². The molecular formula is C17H17N3O. The molecule has 2 aromatic heterocycles. The van der Waals surface area contributed by atoms with E-state index in [0.717, 1.165) is 23.4 Å². The normalized spacial score (nSPS) is 10.8. The number of imidazole rings is 1. The molecule has 1 amide bonds. The third-order valence-corrected chi connectivity index (χ3v) is 3.46. The summed E-state index contributed by atoms with van der Waals surface area (Å²) in [6.45, 7) is 4.04. The lowest BCUT2D eigenvalue weighted by atomic mass is 10.1. The van der Waals surface area contributed by atoms with Gasteiger partial charge in [0.1, 0.15) is 5.65 Å². The molecule has 0 fully saturated rings. The summed E-state index contributed by atoms with van der Waals surface area (Å²) in [5.41, 5.74) is 4.37. The summed E-state index contributed by atoms with van der Waals surface area (Å²) in [4.78, 5) is 16.6. The molecule has 2 heterocycles. The van der Waals surface area contributed by atoms with Gasteiger partial charge in [0.25, 0.3) is 5.91 Å². The second-order valence-corrected chi connectivity index (χ2v) is 5.07. The molecule has 4 nitrogen and oxygen atoms in total. The number of fused-ring (bicyclic) bond motifs is 1. The quantitative estimate of drug-likeness (QED) is 0.798. The van der Waals surface area contributed by atoms with Crippen LogP contribution in [0.15, 0.2) is 48.8 Å². The molecule has 1 N–H and O–H groups in total. The first-order valence-corrected chi connectivity index (χ1v) is 7.01. The van der Waals surface area contributed by atoms with Crippen LogP contribution in [0.4, 0.5) is 5.69 Å². The van der Waals surface area contributed by atoms with Crippen molar-refractivity contribution in [2.45, 2.75) is 20.3 Å². The molecule has 106 valence electrons. The number of pyridine rings is 1. The second-order valence-electron chi connectivity index (χ2n) is 5.07. The summed E-state index contributed by atoms with van der Waals surface area (Å²) in [6.07, 6.45) is 4.77. The number of amides is 1. The Balaban J connectivity index is 1.82. The minimum absolute atomic E-state index is 0.123. The Labute approximate surface area is 123 Å². The molecular weight excluding hydrogens is 262 g/mol. The molecule has 0 unspecified atom stereocenters. The number of nitrogens with one attached hydrogen (secondary N) is 1. The van der Waals surface area contributed by atoms with Gasteiger partial charge >= 0.3 is 0 Å². The zero-order chi connectivity index (χ0) is 14.8. The number of aromatic nitrogens is 2. The molecule has 21 heavy (non-hydrogen) atoms. The fraction of sp³-hybridized carbons (Fsp3) is 0.176. The molecule has 0 radical (unpaired) electrons. The predicted molar refractivity (Wildman–Crippen MR) is 83.7 cm³/mol. The molecule has 0 saturated heterocycles. The van der Waals surface area contributed by atoms with Gasteiger partial charge in [-0.05, 0) is 43.2 Å². The number of anilines is 1. The van der Waals surface area contributed by atoms with Crippen LogP contribution in [0.2, 0.25) is 0 Å². The van der Waals surface area contributed by atoms with E-state index in [-0.39, 0.29) is 5.91 Å². The van der Waals surface area contributed by atoms with E-state index in [9.17, 15) is 4.79 Å². The van der Waals surface area contributed by atoms with E-state index in [2.05, 4.69) is 17.2 Å². The number of rotatable bonds is 3. The van der Waals surface area contributed by atoms with Gasteiger partial charge < -0.3 is 9.72 Å². The maximum atomic E-state index is 12.3. The van der Waals surface area contributed by atoms with Crippen LogP contribution in [-0.4, -0.2) is 15.3 Å². The average molecular weight is 279 g/mol. The Bertz CT molecular complexity index is 787. The summed E-state index contributed by atoms with van der Waals surface area (Å²) in [6, 6.07) is 11.5. The summed E-state index contributed by atoms with van der Waals surface area (Å²) < 4.78 is 1.90. The maximum absolute atomic E-state index is 12.3. The largest absolute Gasteiger partial charge is 0.322 e. The van der Waals surface area contributed by atoms with Gasteiger partial charge in [0, 0.05) is 23.6 Å². The Kier molecular flexibility index (Phi) is 3.44. The van der Waals surface area contributed by atoms with Crippen molar-refractivity contribution in [3.8, 4) is 0 Å². The monoisotopic (exact) mass is 279 g/mol. The van der Waals surface area contributed by atoms with Crippen molar-refractivity contribution in [2.75, 3.05) is 5.32 Å². The van der Waals surface area contributed by atoms with Gasteiger partial charge in [-0.25, -0.2) is 4.98 Å². The molecule has 1 aromatic carbocycles. The highest BCUT2D eigenvalue weighted by Crippen LogP contribution is 2.13. The molecule has 0 aliphatic carbocycles. The van der Waals surface area contributed by atoms with Crippen LogP contribution in [0, 0.1) is 6.92 Å². The molecule has 3 aromatic rings. The van der Waals surface area contributed by atoms with E-state index in [0.29, 0.717) is 5.56 Å². The Morgan fingerprint density at radius 1 is 1.24 bits per heavy atom. The smallest absolute Gasteiger partial charge is 0.255 e. The Morgan fingerprint density at radius 3 is 2.71 bits per heavy atom. The highest BCUT2D eigenvalue weighted by molar-refractivity contribution is 6.04. The molecule has 0 saturated carbocycles.